The lowest BCUT2D eigenvalue weighted by atomic mass is 9.87. The zero-order valence-electron chi connectivity index (χ0n) is 24.9. The lowest BCUT2D eigenvalue weighted by Crippen LogP contribution is -2.38. The van der Waals surface area contributed by atoms with E-state index >= 15 is 0 Å². The fraction of sp³-hybridized carbons (Fsp3) is 0.500. The molecular weight excluding hydrogens is 500 g/mol. The van der Waals surface area contributed by atoms with E-state index in [2.05, 4.69) is 53.7 Å². The predicted octanol–water partition coefficient (Wildman–Crippen LogP) is 8.02. The van der Waals surface area contributed by atoms with Crippen molar-refractivity contribution in [3.05, 3.63) is 65.5 Å². The Hall–Kier alpha value is -3.41. The summed E-state index contributed by atoms with van der Waals surface area (Å²) in [5.74, 6) is 0.675. The summed E-state index contributed by atoms with van der Waals surface area (Å²) in [6, 6.07) is 15.9. The number of fused-ring (bicyclic) bond motifs is 1. The van der Waals surface area contributed by atoms with Crippen LogP contribution in [0.4, 0.5) is 0 Å². The second-order valence-corrected chi connectivity index (χ2v) is 13.5. The molecule has 0 radical (unpaired) electrons. The van der Waals surface area contributed by atoms with Crippen LogP contribution in [0.1, 0.15) is 95.4 Å². The third-order valence-electron chi connectivity index (χ3n) is 7.76. The molecule has 1 fully saturated rings. The Labute approximate surface area is 238 Å². The van der Waals surface area contributed by atoms with Gasteiger partial charge >= 0.3 is 5.97 Å². The summed E-state index contributed by atoms with van der Waals surface area (Å²) in [6.07, 6.45) is 6.26. The van der Waals surface area contributed by atoms with Crippen LogP contribution in [-0.4, -0.2) is 40.0 Å². The van der Waals surface area contributed by atoms with Gasteiger partial charge in [0.2, 0.25) is 0 Å². The number of aliphatic carboxylic acids is 1. The van der Waals surface area contributed by atoms with Crippen molar-refractivity contribution in [2.24, 2.45) is 11.3 Å². The molecule has 0 spiro atoms. The Kier molecular flexibility index (Phi) is 8.86. The zero-order chi connectivity index (χ0) is 29.1. The van der Waals surface area contributed by atoms with Gasteiger partial charge in [0, 0.05) is 17.6 Å². The molecule has 6 heteroatoms. The number of carbonyl (C=O) groups is 2. The average Bonchev–Trinajstić information content (AvgIpc) is 3.38. The maximum absolute atomic E-state index is 13.6. The van der Waals surface area contributed by atoms with Gasteiger partial charge in [-0.05, 0) is 70.9 Å². The Morgan fingerprint density at radius 2 is 1.60 bits per heavy atom. The highest BCUT2D eigenvalue weighted by Crippen LogP contribution is 2.33. The first kappa shape index (κ1) is 29.6. The van der Waals surface area contributed by atoms with Crippen LogP contribution < -0.4 is 4.74 Å². The Morgan fingerprint density at radius 1 is 0.950 bits per heavy atom. The van der Waals surface area contributed by atoms with Crippen LogP contribution in [0.5, 0.6) is 11.5 Å². The fourth-order valence-electron chi connectivity index (χ4n) is 5.32. The highest BCUT2D eigenvalue weighted by atomic mass is 16.5. The number of nitrogens with zero attached hydrogens (tertiary/aromatic N) is 2. The number of carbonyl (C=O) groups excluding carboxylic acids is 1. The maximum atomic E-state index is 13.6. The first-order chi connectivity index (χ1) is 18.8. The molecule has 1 amide bonds. The summed E-state index contributed by atoms with van der Waals surface area (Å²) in [5.41, 5.74) is 2.49. The molecule has 3 aromatic rings. The normalized spacial score (nSPS) is 14.4. The molecule has 4 rings (SSSR count). The van der Waals surface area contributed by atoms with Crippen molar-refractivity contribution in [2.75, 3.05) is 13.1 Å². The number of hydrogen-bond acceptors (Lipinski definition) is 4. The average molecular weight is 545 g/mol. The molecule has 0 bridgehead atoms. The number of hydrogen-bond donors (Lipinski definition) is 1. The summed E-state index contributed by atoms with van der Waals surface area (Å²) in [7, 11) is 0. The second kappa shape index (κ2) is 12.0. The van der Waals surface area contributed by atoms with Crippen molar-refractivity contribution >= 4 is 22.6 Å². The van der Waals surface area contributed by atoms with E-state index in [1.165, 1.54) is 23.3 Å². The Bertz CT molecular complexity index is 1340. The van der Waals surface area contributed by atoms with Gasteiger partial charge in [0.25, 0.3) is 5.91 Å². The summed E-state index contributed by atoms with van der Waals surface area (Å²) >= 11 is 0. The molecule has 1 saturated carbocycles. The molecule has 6 nitrogen and oxygen atoms in total. The number of carboxylic acid groups (broad SMARTS) is 1. The molecule has 40 heavy (non-hydrogen) atoms. The smallest absolute Gasteiger partial charge is 0.323 e. The van der Waals surface area contributed by atoms with Crippen LogP contribution in [0.3, 0.4) is 0 Å². The minimum absolute atomic E-state index is 0.0229. The van der Waals surface area contributed by atoms with Crippen molar-refractivity contribution in [2.45, 2.75) is 85.5 Å². The van der Waals surface area contributed by atoms with Crippen LogP contribution in [0.25, 0.3) is 10.8 Å². The second-order valence-electron chi connectivity index (χ2n) is 13.5. The molecule has 1 aliphatic carbocycles. The molecule has 0 saturated heterocycles. The molecule has 0 unspecified atom stereocenters. The first-order valence-corrected chi connectivity index (χ1v) is 14.5. The van der Waals surface area contributed by atoms with Crippen LogP contribution >= 0.6 is 0 Å². The van der Waals surface area contributed by atoms with Gasteiger partial charge in [-0.15, -0.1) is 0 Å². The van der Waals surface area contributed by atoms with E-state index < -0.39 is 5.97 Å². The van der Waals surface area contributed by atoms with Gasteiger partial charge in [-0.25, -0.2) is 4.98 Å². The van der Waals surface area contributed by atoms with Crippen LogP contribution in [0.2, 0.25) is 0 Å². The van der Waals surface area contributed by atoms with E-state index in [4.69, 9.17) is 9.72 Å². The van der Waals surface area contributed by atoms with Crippen LogP contribution in [0, 0.1) is 11.3 Å². The van der Waals surface area contributed by atoms with E-state index in [1.807, 2.05) is 30.3 Å². The quantitative estimate of drug-likeness (QED) is 0.295. The molecule has 0 atom stereocenters. The van der Waals surface area contributed by atoms with Crippen molar-refractivity contribution in [3.63, 3.8) is 0 Å². The molecule has 1 aromatic heterocycles. The monoisotopic (exact) mass is 544 g/mol. The van der Waals surface area contributed by atoms with Crippen LogP contribution in [0.15, 0.2) is 48.5 Å². The maximum Gasteiger partial charge on any atom is 0.323 e. The van der Waals surface area contributed by atoms with E-state index in [1.54, 1.807) is 6.07 Å². The van der Waals surface area contributed by atoms with Gasteiger partial charge in [0.15, 0.2) is 0 Å². The highest BCUT2D eigenvalue weighted by molar-refractivity contribution is 5.98. The summed E-state index contributed by atoms with van der Waals surface area (Å²) in [6.45, 7) is 12.9. The summed E-state index contributed by atoms with van der Waals surface area (Å²) in [5, 5.41) is 11.4. The third kappa shape index (κ3) is 7.83. The standard InChI is InChI=1S/C34H44N2O4/c1-33(2,3)17-18-36(22-31(37)38)32(39)30-20-24-11-14-27(40-26-15-12-25(13-16-26)34(4,5)6)21-28(24)29(35-30)19-23-9-7-8-10-23/h11-16,20-21,23H,7-10,17-19,22H2,1-6H3,(H,37,38). The molecule has 0 aliphatic heterocycles. The predicted molar refractivity (Wildman–Crippen MR) is 160 cm³/mol. The van der Waals surface area contributed by atoms with Crippen molar-refractivity contribution in [1.82, 2.24) is 9.88 Å². The molecule has 1 heterocycles. The molecule has 214 valence electrons. The van der Waals surface area contributed by atoms with Gasteiger partial charge in [-0.3, -0.25) is 9.59 Å². The number of carboxylic acids is 1. The van der Waals surface area contributed by atoms with E-state index in [0.717, 1.165) is 47.2 Å². The third-order valence-corrected chi connectivity index (χ3v) is 7.76. The van der Waals surface area contributed by atoms with Gasteiger partial charge in [0.1, 0.15) is 23.7 Å². The number of amides is 1. The van der Waals surface area contributed by atoms with Gasteiger partial charge in [-0.1, -0.05) is 85.4 Å². The van der Waals surface area contributed by atoms with E-state index in [-0.39, 0.29) is 23.3 Å². The van der Waals surface area contributed by atoms with Gasteiger partial charge < -0.3 is 14.7 Å². The van der Waals surface area contributed by atoms with E-state index in [0.29, 0.717) is 24.6 Å². The number of ether oxygens (including phenoxy) is 1. The Morgan fingerprint density at radius 3 is 2.20 bits per heavy atom. The summed E-state index contributed by atoms with van der Waals surface area (Å²) in [4.78, 5) is 31.5. The minimum Gasteiger partial charge on any atom is -0.480 e. The molecule has 1 aliphatic rings. The zero-order valence-corrected chi connectivity index (χ0v) is 24.9. The summed E-state index contributed by atoms with van der Waals surface area (Å²) < 4.78 is 6.23. The first-order valence-electron chi connectivity index (χ1n) is 14.5. The molecule has 1 N–H and O–H groups in total. The number of aromatic nitrogens is 1. The lowest BCUT2D eigenvalue weighted by molar-refractivity contribution is -0.137. The van der Waals surface area contributed by atoms with Crippen molar-refractivity contribution in [3.8, 4) is 11.5 Å². The molecule has 2 aromatic carbocycles. The highest BCUT2D eigenvalue weighted by Gasteiger charge is 2.25. The van der Waals surface area contributed by atoms with Gasteiger partial charge in [-0.2, -0.15) is 0 Å². The number of benzene rings is 2. The number of rotatable bonds is 9. The minimum atomic E-state index is -1.02. The molecular formula is C34H44N2O4. The fourth-order valence-corrected chi connectivity index (χ4v) is 5.32. The van der Waals surface area contributed by atoms with Gasteiger partial charge in [0.05, 0.1) is 0 Å². The topological polar surface area (TPSA) is 79.7 Å². The Balaban J connectivity index is 1.67. The SMILES string of the molecule is CC(C)(C)CCN(CC(=O)O)C(=O)c1cc2ccc(Oc3ccc(C(C)(C)C)cc3)cc2c(CC2CCCC2)n1. The van der Waals surface area contributed by atoms with Crippen molar-refractivity contribution < 1.29 is 19.4 Å². The van der Waals surface area contributed by atoms with Crippen molar-refractivity contribution in [1.29, 1.82) is 0 Å². The van der Waals surface area contributed by atoms with E-state index in [9.17, 15) is 14.7 Å². The van der Waals surface area contributed by atoms with Crippen LogP contribution in [-0.2, 0) is 16.6 Å². The largest absolute Gasteiger partial charge is 0.480 e. The number of pyridine rings is 1. The lowest BCUT2D eigenvalue weighted by Gasteiger charge is -2.26.